The van der Waals surface area contributed by atoms with Gasteiger partial charge in [-0.2, -0.15) is 11.3 Å². The fourth-order valence-corrected chi connectivity index (χ4v) is 2.61. The summed E-state index contributed by atoms with van der Waals surface area (Å²) in [6, 6.07) is 5.41. The lowest BCUT2D eigenvalue weighted by Crippen LogP contribution is -2.22. The quantitative estimate of drug-likeness (QED) is 0.891. The van der Waals surface area contributed by atoms with Gasteiger partial charge >= 0.3 is 0 Å². The molecule has 0 saturated heterocycles. The van der Waals surface area contributed by atoms with E-state index in [1.807, 2.05) is 11.4 Å². The van der Waals surface area contributed by atoms with Crippen LogP contribution in [0.3, 0.4) is 0 Å². The maximum Gasteiger partial charge on any atom is 0.252 e. The molecule has 0 bridgehead atoms. The predicted octanol–water partition coefficient (Wildman–Crippen LogP) is 2.70. The number of ether oxygens (including phenoxy) is 3. The van der Waals surface area contributed by atoms with Gasteiger partial charge in [0.1, 0.15) is 0 Å². The molecule has 6 heteroatoms. The SMILES string of the molecule is COc1ccc(CNC(=O)c2ccsc2)c(OC)c1OC. The lowest BCUT2D eigenvalue weighted by Gasteiger charge is -2.16. The fraction of sp³-hybridized carbons (Fsp3) is 0.267. The first-order chi connectivity index (χ1) is 10.2. The van der Waals surface area contributed by atoms with Crippen molar-refractivity contribution in [1.29, 1.82) is 0 Å². The molecular formula is C15H17NO4S. The first-order valence-electron chi connectivity index (χ1n) is 6.29. The first-order valence-corrected chi connectivity index (χ1v) is 7.23. The summed E-state index contributed by atoms with van der Waals surface area (Å²) in [5.41, 5.74) is 1.47. The summed E-state index contributed by atoms with van der Waals surface area (Å²) in [5, 5.41) is 6.53. The molecule has 2 rings (SSSR count). The van der Waals surface area contributed by atoms with Crippen LogP contribution < -0.4 is 19.5 Å². The van der Waals surface area contributed by atoms with Crippen molar-refractivity contribution in [2.45, 2.75) is 6.54 Å². The van der Waals surface area contributed by atoms with E-state index in [1.54, 1.807) is 38.8 Å². The monoisotopic (exact) mass is 307 g/mol. The molecule has 112 valence electrons. The molecule has 0 radical (unpaired) electrons. The molecule has 0 spiro atoms. The molecule has 1 aromatic carbocycles. The number of nitrogens with one attached hydrogen (secondary N) is 1. The van der Waals surface area contributed by atoms with Gasteiger partial charge in [0, 0.05) is 23.1 Å². The first kappa shape index (κ1) is 15.2. The predicted molar refractivity (Wildman–Crippen MR) is 81.6 cm³/mol. The molecule has 1 N–H and O–H groups in total. The van der Waals surface area contributed by atoms with Crippen molar-refractivity contribution in [3.05, 3.63) is 40.1 Å². The zero-order valence-electron chi connectivity index (χ0n) is 12.1. The number of thiophene rings is 1. The summed E-state index contributed by atoms with van der Waals surface area (Å²) < 4.78 is 15.9. The molecule has 1 amide bonds. The molecule has 0 fully saturated rings. The van der Waals surface area contributed by atoms with Gasteiger partial charge in [0.15, 0.2) is 11.5 Å². The number of carbonyl (C=O) groups excluding carboxylic acids is 1. The highest BCUT2D eigenvalue weighted by Gasteiger charge is 2.16. The van der Waals surface area contributed by atoms with Gasteiger partial charge in [-0.3, -0.25) is 4.79 Å². The third-order valence-corrected chi connectivity index (χ3v) is 3.69. The molecule has 5 nitrogen and oxygen atoms in total. The molecule has 21 heavy (non-hydrogen) atoms. The van der Waals surface area contributed by atoms with Crippen LogP contribution in [0.1, 0.15) is 15.9 Å². The lowest BCUT2D eigenvalue weighted by molar-refractivity contribution is 0.0951. The Morgan fingerprint density at radius 2 is 1.86 bits per heavy atom. The molecule has 0 atom stereocenters. The Balaban J connectivity index is 2.18. The van der Waals surface area contributed by atoms with Gasteiger partial charge in [0.05, 0.1) is 21.3 Å². The molecule has 0 aliphatic heterocycles. The smallest absolute Gasteiger partial charge is 0.252 e. The van der Waals surface area contributed by atoms with Gasteiger partial charge in [-0.25, -0.2) is 0 Å². The topological polar surface area (TPSA) is 56.8 Å². The normalized spacial score (nSPS) is 10.0. The van der Waals surface area contributed by atoms with E-state index in [4.69, 9.17) is 14.2 Å². The van der Waals surface area contributed by atoms with E-state index >= 15 is 0 Å². The summed E-state index contributed by atoms with van der Waals surface area (Å²) in [4.78, 5) is 12.0. The Kier molecular flexibility index (Phi) is 5.05. The summed E-state index contributed by atoms with van der Waals surface area (Å²) >= 11 is 1.49. The van der Waals surface area contributed by atoms with Crippen LogP contribution >= 0.6 is 11.3 Å². The number of hydrogen-bond acceptors (Lipinski definition) is 5. The minimum absolute atomic E-state index is 0.118. The molecule has 1 heterocycles. The van der Waals surface area contributed by atoms with Gasteiger partial charge in [0.2, 0.25) is 5.75 Å². The van der Waals surface area contributed by atoms with Crippen LogP contribution in [0.5, 0.6) is 17.2 Å². The van der Waals surface area contributed by atoms with Crippen molar-refractivity contribution < 1.29 is 19.0 Å². The number of carbonyl (C=O) groups is 1. The Morgan fingerprint density at radius 1 is 1.10 bits per heavy atom. The van der Waals surface area contributed by atoms with Crippen molar-refractivity contribution in [2.24, 2.45) is 0 Å². The highest BCUT2D eigenvalue weighted by atomic mass is 32.1. The van der Waals surface area contributed by atoms with Crippen LogP contribution in [0.25, 0.3) is 0 Å². The van der Waals surface area contributed by atoms with Crippen LogP contribution in [0.2, 0.25) is 0 Å². The van der Waals surface area contributed by atoms with E-state index in [0.29, 0.717) is 29.4 Å². The third kappa shape index (κ3) is 3.28. The van der Waals surface area contributed by atoms with E-state index in [1.165, 1.54) is 11.3 Å². The standard InChI is InChI=1S/C15H17NO4S/c1-18-12-5-4-10(13(19-2)14(12)20-3)8-16-15(17)11-6-7-21-9-11/h4-7,9H,8H2,1-3H3,(H,16,17). The van der Waals surface area contributed by atoms with Crippen LogP contribution in [-0.4, -0.2) is 27.2 Å². The summed E-state index contributed by atoms with van der Waals surface area (Å²) in [6.07, 6.45) is 0. The molecule has 0 unspecified atom stereocenters. The number of rotatable bonds is 6. The van der Waals surface area contributed by atoms with Crippen LogP contribution in [0.4, 0.5) is 0 Å². The van der Waals surface area contributed by atoms with Crippen molar-refractivity contribution in [2.75, 3.05) is 21.3 Å². The number of amides is 1. The van der Waals surface area contributed by atoms with Crippen molar-refractivity contribution in [3.63, 3.8) is 0 Å². The zero-order valence-corrected chi connectivity index (χ0v) is 13.0. The van der Waals surface area contributed by atoms with E-state index in [0.717, 1.165) is 5.56 Å². The lowest BCUT2D eigenvalue weighted by atomic mass is 10.1. The van der Waals surface area contributed by atoms with Gasteiger partial charge in [-0.1, -0.05) is 0 Å². The van der Waals surface area contributed by atoms with Crippen molar-refractivity contribution in [3.8, 4) is 17.2 Å². The largest absolute Gasteiger partial charge is 0.493 e. The minimum atomic E-state index is -0.118. The number of benzene rings is 1. The Hall–Kier alpha value is -2.21. The van der Waals surface area contributed by atoms with Gasteiger partial charge in [-0.15, -0.1) is 0 Å². The minimum Gasteiger partial charge on any atom is -0.493 e. The molecule has 2 aromatic rings. The highest BCUT2D eigenvalue weighted by Crippen LogP contribution is 2.39. The molecule has 0 aliphatic carbocycles. The molecular weight excluding hydrogens is 290 g/mol. The fourth-order valence-electron chi connectivity index (χ4n) is 1.97. The van der Waals surface area contributed by atoms with Gasteiger partial charge in [0.25, 0.3) is 5.91 Å². The average molecular weight is 307 g/mol. The zero-order chi connectivity index (χ0) is 15.2. The van der Waals surface area contributed by atoms with Crippen LogP contribution in [-0.2, 0) is 6.54 Å². The Morgan fingerprint density at radius 3 is 2.43 bits per heavy atom. The van der Waals surface area contributed by atoms with E-state index < -0.39 is 0 Å². The van der Waals surface area contributed by atoms with Gasteiger partial charge < -0.3 is 19.5 Å². The maximum atomic E-state index is 12.0. The Labute approximate surface area is 127 Å². The van der Waals surface area contributed by atoms with Crippen molar-refractivity contribution in [1.82, 2.24) is 5.32 Å². The van der Waals surface area contributed by atoms with E-state index in [-0.39, 0.29) is 5.91 Å². The molecule has 0 aliphatic rings. The summed E-state index contributed by atoms with van der Waals surface area (Å²) in [5.74, 6) is 1.54. The Bertz CT molecular complexity index is 610. The second kappa shape index (κ2) is 6.99. The van der Waals surface area contributed by atoms with E-state index in [2.05, 4.69) is 5.32 Å². The second-order valence-corrected chi connectivity index (χ2v) is 4.97. The van der Waals surface area contributed by atoms with E-state index in [9.17, 15) is 4.79 Å². The van der Waals surface area contributed by atoms with Crippen LogP contribution in [0, 0.1) is 0 Å². The van der Waals surface area contributed by atoms with Crippen LogP contribution in [0.15, 0.2) is 29.0 Å². The van der Waals surface area contributed by atoms with Gasteiger partial charge in [-0.05, 0) is 23.6 Å². The average Bonchev–Trinajstić information content (AvgIpc) is 3.05. The van der Waals surface area contributed by atoms with Crippen molar-refractivity contribution >= 4 is 17.2 Å². The number of methoxy groups -OCH3 is 3. The number of hydrogen-bond donors (Lipinski definition) is 1. The summed E-state index contributed by atoms with van der Waals surface area (Å²) in [7, 11) is 4.67. The maximum absolute atomic E-state index is 12.0. The second-order valence-electron chi connectivity index (χ2n) is 4.19. The molecule has 1 aromatic heterocycles. The molecule has 0 saturated carbocycles. The highest BCUT2D eigenvalue weighted by molar-refractivity contribution is 7.08. The summed E-state index contributed by atoms with van der Waals surface area (Å²) in [6.45, 7) is 0.345. The third-order valence-electron chi connectivity index (χ3n) is 3.01.